The topological polar surface area (TPSA) is 38.1 Å². The lowest BCUT2D eigenvalue weighted by atomic mass is 9.90. The molecular weight excluding hydrogens is 260 g/mol. The molecule has 1 N–H and O–H groups in total. The molecule has 0 radical (unpaired) electrons. The highest BCUT2D eigenvalue weighted by Crippen LogP contribution is 2.28. The summed E-state index contributed by atoms with van der Waals surface area (Å²) in [6.45, 7) is 4.12. The molecule has 3 nitrogen and oxygen atoms in total. The number of hydrogen-bond donors (Lipinski definition) is 1. The lowest BCUT2D eigenvalue weighted by Crippen LogP contribution is -2.10. The number of aliphatic hydroxyl groups excluding tert-OH is 1. The summed E-state index contributed by atoms with van der Waals surface area (Å²) in [4.78, 5) is 0. The predicted octanol–water partition coefficient (Wildman–Crippen LogP) is 3.01. The minimum absolute atomic E-state index is 0.0570. The van der Waals surface area contributed by atoms with Crippen molar-refractivity contribution in [3.05, 3.63) is 51.8 Å². The van der Waals surface area contributed by atoms with Gasteiger partial charge in [-0.1, -0.05) is 35.9 Å². The van der Waals surface area contributed by atoms with Gasteiger partial charge in [0.25, 0.3) is 0 Å². The molecule has 0 spiro atoms. The van der Waals surface area contributed by atoms with Crippen molar-refractivity contribution < 1.29 is 5.11 Å². The summed E-state index contributed by atoms with van der Waals surface area (Å²) in [6, 6.07) is 8.14. The molecule has 1 aromatic carbocycles. The van der Waals surface area contributed by atoms with Crippen molar-refractivity contribution in [2.45, 2.75) is 26.2 Å². The van der Waals surface area contributed by atoms with Crippen LogP contribution < -0.4 is 0 Å². The lowest BCUT2D eigenvalue weighted by molar-refractivity contribution is 0.264. The first kappa shape index (κ1) is 14.1. The predicted molar refractivity (Wildman–Crippen MR) is 77.7 cm³/mol. The Balaban J connectivity index is 2.32. The minimum atomic E-state index is 0.0570. The maximum Gasteiger partial charge on any atom is 0.130 e. The van der Waals surface area contributed by atoms with E-state index < -0.39 is 0 Å². The Bertz CT molecular complexity index is 578. The van der Waals surface area contributed by atoms with Crippen molar-refractivity contribution in [2.75, 3.05) is 6.61 Å². The third-order valence-corrected chi connectivity index (χ3v) is 4.04. The highest BCUT2D eigenvalue weighted by Gasteiger charge is 2.19. The van der Waals surface area contributed by atoms with Crippen LogP contribution in [-0.2, 0) is 13.5 Å². The van der Waals surface area contributed by atoms with Crippen molar-refractivity contribution in [2.24, 2.45) is 7.05 Å². The van der Waals surface area contributed by atoms with E-state index >= 15 is 0 Å². The number of benzene rings is 1. The smallest absolute Gasteiger partial charge is 0.130 e. The Hall–Kier alpha value is -1.32. The fraction of sp³-hybridized carbons (Fsp3) is 0.400. The Labute approximate surface area is 118 Å². The molecule has 2 rings (SSSR count). The van der Waals surface area contributed by atoms with Crippen LogP contribution >= 0.6 is 11.6 Å². The van der Waals surface area contributed by atoms with Gasteiger partial charge >= 0.3 is 0 Å². The Morgan fingerprint density at radius 3 is 2.53 bits per heavy atom. The molecule has 0 saturated carbocycles. The van der Waals surface area contributed by atoms with Gasteiger partial charge in [-0.15, -0.1) is 0 Å². The van der Waals surface area contributed by atoms with Gasteiger partial charge in [0.15, 0.2) is 0 Å². The maximum atomic E-state index is 9.68. The van der Waals surface area contributed by atoms with Gasteiger partial charge < -0.3 is 5.11 Å². The summed E-state index contributed by atoms with van der Waals surface area (Å²) in [5.41, 5.74) is 4.31. The molecule has 0 bridgehead atoms. The average molecular weight is 279 g/mol. The van der Waals surface area contributed by atoms with Gasteiger partial charge in [-0.3, -0.25) is 4.68 Å². The molecule has 1 aromatic heterocycles. The van der Waals surface area contributed by atoms with Crippen LogP contribution in [0.4, 0.5) is 0 Å². The van der Waals surface area contributed by atoms with Crippen LogP contribution in [0.25, 0.3) is 0 Å². The number of halogens is 1. The number of hydrogen-bond acceptors (Lipinski definition) is 2. The molecule has 1 heterocycles. The summed E-state index contributed by atoms with van der Waals surface area (Å²) in [5.74, 6) is 0.0570. The maximum absolute atomic E-state index is 9.68. The Morgan fingerprint density at radius 1 is 1.32 bits per heavy atom. The van der Waals surface area contributed by atoms with Gasteiger partial charge in [-0.2, -0.15) is 5.10 Å². The van der Waals surface area contributed by atoms with Crippen molar-refractivity contribution in [3.8, 4) is 0 Å². The molecule has 1 unspecified atom stereocenters. The van der Waals surface area contributed by atoms with Gasteiger partial charge in [0, 0.05) is 18.5 Å². The third kappa shape index (κ3) is 2.82. The summed E-state index contributed by atoms with van der Waals surface area (Å²) in [6.07, 6.45) is 0.708. The fourth-order valence-electron chi connectivity index (χ4n) is 2.47. The van der Waals surface area contributed by atoms with Crippen LogP contribution in [0.2, 0.25) is 5.15 Å². The van der Waals surface area contributed by atoms with Crippen LogP contribution in [-0.4, -0.2) is 21.5 Å². The highest BCUT2D eigenvalue weighted by atomic mass is 35.5. The fourth-order valence-corrected chi connectivity index (χ4v) is 2.72. The summed E-state index contributed by atoms with van der Waals surface area (Å²) in [5, 5.41) is 14.7. The standard InChI is InChI=1S/C15H19ClN2O/c1-10-6-4-5-7-13(10)12(9-19)8-14-11(2)17-18(3)15(14)16/h4-7,12,19H,8-9H2,1-3H3. The van der Waals surface area contributed by atoms with E-state index in [0.29, 0.717) is 11.6 Å². The summed E-state index contributed by atoms with van der Waals surface area (Å²) in [7, 11) is 1.83. The molecule has 0 amide bonds. The van der Waals surface area contributed by atoms with E-state index in [2.05, 4.69) is 24.2 Å². The first-order valence-corrected chi connectivity index (χ1v) is 6.76. The molecule has 0 fully saturated rings. The van der Waals surface area contributed by atoms with E-state index in [-0.39, 0.29) is 12.5 Å². The quantitative estimate of drug-likeness (QED) is 0.934. The van der Waals surface area contributed by atoms with E-state index in [4.69, 9.17) is 11.6 Å². The van der Waals surface area contributed by atoms with E-state index in [1.807, 2.05) is 26.1 Å². The Morgan fingerprint density at radius 2 is 2.00 bits per heavy atom. The van der Waals surface area contributed by atoms with Crippen molar-refractivity contribution in [1.29, 1.82) is 0 Å². The van der Waals surface area contributed by atoms with Gasteiger partial charge in [-0.25, -0.2) is 0 Å². The summed E-state index contributed by atoms with van der Waals surface area (Å²) >= 11 is 6.26. The van der Waals surface area contributed by atoms with Gasteiger partial charge in [0.05, 0.1) is 12.3 Å². The second kappa shape index (κ2) is 5.76. The van der Waals surface area contributed by atoms with Gasteiger partial charge in [0.2, 0.25) is 0 Å². The number of aliphatic hydroxyl groups is 1. The molecular formula is C15H19ClN2O. The monoisotopic (exact) mass is 278 g/mol. The van der Waals surface area contributed by atoms with E-state index in [1.165, 1.54) is 11.1 Å². The van der Waals surface area contributed by atoms with Crippen LogP contribution in [0, 0.1) is 13.8 Å². The Kier molecular flexibility index (Phi) is 4.27. The molecule has 0 aliphatic carbocycles. The number of rotatable bonds is 4. The van der Waals surface area contributed by atoms with Crippen LogP contribution in [0.5, 0.6) is 0 Å². The number of aromatic nitrogens is 2. The molecule has 0 saturated heterocycles. The molecule has 102 valence electrons. The second-order valence-corrected chi connectivity index (χ2v) is 5.28. The molecule has 19 heavy (non-hydrogen) atoms. The van der Waals surface area contributed by atoms with E-state index in [9.17, 15) is 5.11 Å². The zero-order chi connectivity index (χ0) is 14.0. The van der Waals surface area contributed by atoms with E-state index in [1.54, 1.807) is 4.68 Å². The first-order valence-electron chi connectivity index (χ1n) is 6.39. The largest absolute Gasteiger partial charge is 0.396 e. The minimum Gasteiger partial charge on any atom is -0.396 e. The van der Waals surface area contributed by atoms with E-state index in [0.717, 1.165) is 11.3 Å². The first-order chi connectivity index (χ1) is 9.04. The molecule has 1 atom stereocenters. The molecule has 4 heteroatoms. The third-order valence-electron chi connectivity index (χ3n) is 3.57. The molecule has 0 aliphatic rings. The zero-order valence-electron chi connectivity index (χ0n) is 11.5. The molecule has 2 aromatic rings. The van der Waals surface area contributed by atoms with Crippen molar-refractivity contribution in [3.63, 3.8) is 0 Å². The SMILES string of the molecule is Cc1ccccc1C(CO)Cc1c(C)nn(C)c1Cl. The van der Waals surface area contributed by atoms with Crippen LogP contribution in [0.3, 0.4) is 0 Å². The molecule has 0 aliphatic heterocycles. The van der Waals surface area contributed by atoms with Crippen molar-refractivity contribution >= 4 is 11.6 Å². The normalized spacial score (nSPS) is 12.7. The number of aryl methyl sites for hydroxylation is 3. The zero-order valence-corrected chi connectivity index (χ0v) is 12.3. The van der Waals surface area contributed by atoms with Gasteiger partial charge in [-0.05, 0) is 31.4 Å². The summed E-state index contributed by atoms with van der Waals surface area (Å²) < 4.78 is 1.68. The van der Waals surface area contributed by atoms with Crippen LogP contribution in [0.15, 0.2) is 24.3 Å². The lowest BCUT2D eigenvalue weighted by Gasteiger charge is -2.17. The number of nitrogens with zero attached hydrogens (tertiary/aromatic N) is 2. The second-order valence-electron chi connectivity index (χ2n) is 4.92. The highest BCUT2D eigenvalue weighted by molar-refractivity contribution is 6.30. The van der Waals surface area contributed by atoms with Crippen LogP contribution in [0.1, 0.15) is 28.3 Å². The van der Waals surface area contributed by atoms with Crippen molar-refractivity contribution in [1.82, 2.24) is 9.78 Å². The van der Waals surface area contributed by atoms with Gasteiger partial charge in [0.1, 0.15) is 5.15 Å². The average Bonchev–Trinajstić information content (AvgIpc) is 2.63.